The van der Waals surface area contributed by atoms with Gasteiger partial charge in [0.05, 0.1) is 35.1 Å². The van der Waals surface area contributed by atoms with Gasteiger partial charge in [0.25, 0.3) is 15.9 Å². The minimum atomic E-state index is -4.61. The van der Waals surface area contributed by atoms with Crippen molar-refractivity contribution in [2.45, 2.75) is 36.3 Å². The second kappa shape index (κ2) is 13.9. The van der Waals surface area contributed by atoms with Gasteiger partial charge in [0.1, 0.15) is 5.84 Å². The number of rotatable bonds is 9. The van der Waals surface area contributed by atoms with Crippen LogP contribution >= 0.6 is 24.2 Å². The molecule has 1 heterocycles. The number of halogens is 4. The molecule has 2 aliphatic rings. The molecule has 0 saturated heterocycles. The highest BCUT2D eigenvalue weighted by Gasteiger charge is 2.38. The Labute approximate surface area is 269 Å². The first-order valence-corrected chi connectivity index (χ1v) is 16.6. The third kappa shape index (κ3) is 8.07. The number of hydrazone groups is 1. The van der Waals surface area contributed by atoms with Crippen LogP contribution in [-0.4, -0.2) is 49.8 Å². The molecule has 1 aliphatic heterocycles. The first kappa shape index (κ1) is 33.0. The van der Waals surface area contributed by atoms with Gasteiger partial charge in [0.15, 0.2) is 0 Å². The molecule has 1 fully saturated rings. The minimum Gasteiger partial charge on any atom is -0.273 e. The Morgan fingerprint density at radius 3 is 2.38 bits per heavy atom. The molecule has 1 amide bonds. The van der Waals surface area contributed by atoms with E-state index in [1.54, 1.807) is 17.1 Å². The zero-order chi connectivity index (χ0) is 32.2. The van der Waals surface area contributed by atoms with E-state index in [-0.39, 0.29) is 46.8 Å². The number of alkyl halides is 3. The summed E-state index contributed by atoms with van der Waals surface area (Å²) in [6, 6.07) is 20.1. The van der Waals surface area contributed by atoms with Gasteiger partial charge in [-0.05, 0) is 72.7 Å². The monoisotopic (exact) mass is 678 g/mol. The highest BCUT2D eigenvalue weighted by Crippen LogP contribution is 2.37. The smallest absolute Gasteiger partial charge is 0.273 e. The van der Waals surface area contributed by atoms with Crippen molar-refractivity contribution in [3.05, 3.63) is 101 Å². The number of benzene rings is 3. The van der Waals surface area contributed by atoms with Crippen molar-refractivity contribution in [3.8, 4) is 0 Å². The molecule has 3 aromatic rings. The molecule has 0 radical (unpaired) electrons. The normalized spacial score (nSPS) is 20.7. The van der Waals surface area contributed by atoms with Gasteiger partial charge in [-0.2, -0.15) is 39.3 Å². The van der Waals surface area contributed by atoms with Gasteiger partial charge in [0.2, 0.25) is 0 Å². The number of hydroxylamine groups is 1. The number of sulfonamides is 1. The van der Waals surface area contributed by atoms with Gasteiger partial charge in [-0.15, -0.1) is 4.40 Å². The second-order valence-corrected chi connectivity index (χ2v) is 13.2. The molecule has 0 aromatic heterocycles. The molecule has 238 valence electrons. The Morgan fingerprint density at radius 1 is 1.04 bits per heavy atom. The SMILES string of the molecule is O=C(CS)NOCC1CCC(/C(=N\S(=O)(=O)c2ccc(C(F)(F)F)cc2)N2CC(c3ccccc3)C(c3ccc(Cl)cc3)=N2)C1. The van der Waals surface area contributed by atoms with Gasteiger partial charge in [0, 0.05) is 16.9 Å². The third-order valence-electron chi connectivity index (χ3n) is 7.77. The van der Waals surface area contributed by atoms with Crippen molar-refractivity contribution in [1.29, 1.82) is 0 Å². The Bertz CT molecular complexity index is 1670. The number of nitrogens with zero attached hydrogens (tertiary/aromatic N) is 3. The molecule has 1 N–H and O–H groups in total. The van der Waals surface area contributed by atoms with Crippen molar-refractivity contribution in [2.24, 2.45) is 21.3 Å². The fourth-order valence-corrected chi connectivity index (χ4v) is 6.80. The molecule has 14 heteroatoms. The van der Waals surface area contributed by atoms with Crippen LogP contribution in [0.3, 0.4) is 0 Å². The van der Waals surface area contributed by atoms with Crippen LogP contribution in [0.15, 0.2) is 93.3 Å². The van der Waals surface area contributed by atoms with Crippen LogP contribution in [0.4, 0.5) is 13.2 Å². The van der Waals surface area contributed by atoms with E-state index in [4.69, 9.17) is 21.5 Å². The summed E-state index contributed by atoms with van der Waals surface area (Å²) < 4.78 is 70.9. The molecule has 5 rings (SSSR count). The van der Waals surface area contributed by atoms with Gasteiger partial charge in [-0.3, -0.25) is 9.63 Å². The largest absolute Gasteiger partial charge is 0.416 e. The van der Waals surface area contributed by atoms with Crippen molar-refractivity contribution in [1.82, 2.24) is 10.5 Å². The summed E-state index contributed by atoms with van der Waals surface area (Å²) in [5.41, 5.74) is 3.83. The van der Waals surface area contributed by atoms with Crippen LogP contribution in [0.1, 0.15) is 41.9 Å². The molecule has 0 spiro atoms. The lowest BCUT2D eigenvalue weighted by molar-refractivity contribution is -0.137. The van der Waals surface area contributed by atoms with Gasteiger partial charge in [-0.1, -0.05) is 54.1 Å². The zero-order valence-corrected chi connectivity index (χ0v) is 26.3. The third-order valence-corrected chi connectivity index (χ3v) is 9.60. The lowest BCUT2D eigenvalue weighted by Crippen LogP contribution is -2.32. The molecule has 8 nitrogen and oxygen atoms in total. The van der Waals surface area contributed by atoms with E-state index < -0.39 is 21.8 Å². The highest BCUT2D eigenvalue weighted by molar-refractivity contribution is 7.90. The van der Waals surface area contributed by atoms with Gasteiger partial charge < -0.3 is 0 Å². The number of carbonyl (C=O) groups excluding carboxylic acids is 1. The molecule has 1 saturated carbocycles. The van der Waals surface area contributed by atoms with E-state index in [1.807, 2.05) is 42.5 Å². The maximum atomic E-state index is 13.6. The fourth-order valence-electron chi connectivity index (χ4n) is 5.53. The summed E-state index contributed by atoms with van der Waals surface area (Å²) in [6.07, 6.45) is -2.88. The van der Waals surface area contributed by atoms with Crippen LogP contribution in [0, 0.1) is 11.8 Å². The van der Waals surface area contributed by atoms with E-state index in [0.29, 0.717) is 36.5 Å². The maximum Gasteiger partial charge on any atom is 0.416 e. The topological polar surface area (TPSA) is 100 Å². The summed E-state index contributed by atoms with van der Waals surface area (Å²) in [5.74, 6) is -0.817. The fraction of sp³-hybridized carbons (Fsp3) is 0.323. The maximum absolute atomic E-state index is 13.6. The standard InChI is InChI=1S/C31H30ClF3N4O4S2/c32-25-12-8-22(9-13-25)29-27(21-4-2-1-3-5-21)17-39(36-29)30(23-7-6-20(16-23)18-43-37-28(40)19-44)38-45(41,42)26-14-10-24(11-15-26)31(33,34)35/h1-5,8-15,20,23,27,44H,6-7,16-19H2,(H,37,40)/b38-30+. The molecule has 3 aromatic carbocycles. The van der Waals surface area contributed by atoms with Gasteiger partial charge in [-0.25, -0.2) is 10.5 Å². The average Bonchev–Trinajstić information content (AvgIpc) is 3.68. The lowest BCUT2D eigenvalue weighted by atomic mass is 9.90. The van der Waals surface area contributed by atoms with Crippen molar-refractivity contribution < 1.29 is 31.2 Å². The first-order valence-electron chi connectivity index (χ1n) is 14.1. The predicted octanol–water partition coefficient (Wildman–Crippen LogP) is 6.34. The first-order chi connectivity index (χ1) is 21.4. The lowest BCUT2D eigenvalue weighted by Gasteiger charge is -2.23. The van der Waals surface area contributed by atoms with Crippen molar-refractivity contribution >= 4 is 51.7 Å². The van der Waals surface area contributed by atoms with Crippen molar-refractivity contribution in [2.75, 3.05) is 18.9 Å². The number of amides is 1. The molecule has 1 aliphatic carbocycles. The Morgan fingerprint density at radius 2 is 1.73 bits per heavy atom. The Kier molecular flexibility index (Phi) is 10.2. The minimum absolute atomic E-state index is 0.0126. The molecule has 45 heavy (non-hydrogen) atoms. The Hall–Kier alpha value is -3.39. The van der Waals surface area contributed by atoms with E-state index in [0.717, 1.165) is 35.4 Å². The summed E-state index contributed by atoms with van der Waals surface area (Å²) >= 11 is 10.0. The number of amidine groups is 1. The van der Waals surface area contributed by atoms with Crippen LogP contribution < -0.4 is 5.48 Å². The van der Waals surface area contributed by atoms with Gasteiger partial charge >= 0.3 is 6.18 Å². The summed E-state index contributed by atoms with van der Waals surface area (Å²) in [7, 11) is -4.42. The number of hydrogen-bond acceptors (Lipinski definition) is 6. The predicted molar refractivity (Wildman–Crippen MR) is 169 cm³/mol. The zero-order valence-electron chi connectivity index (χ0n) is 23.8. The molecule has 3 unspecified atom stereocenters. The molecular formula is C31H30ClF3N4O4S2. The summed E-state index contributed by atoms with van der Waals surface area (Å²) in [5, 5.41) is 7.06. The van der Waals surface area contributed by atoms with Crippen LogP contribution in [0.2, 0.25) is 5.02 Å². The van der Waals surface area contributed by atoms with Crippen LogP contribution in [-0.2, 0) is 25.8 Å². The van der Waals surface area contributed by atoms with E-state index in [9.17, 15) is 26.4 Å². The van der Waals surface area contributed by atoms with E-state index in [1.165, 1.54) is 0 Å². The Balaban J connectivity index is 1.51. The number of hydrogen-bond donors (Lipinski definition) is 2. The second-order valence-electron chi connectivity index (χ2n) is 10.9. The quantitative estimate of drug-likeness (QED) is 0.119. The van der Waals surface area contributed by atoms with E-state index in [2.05, 4.69) is 22.5 Å². The summed E-state index contributed by atoms with van der Waals surface area (Å²) in [4.78, 5) is 16.5. The summed E-state index contributed by atoms with van der Waals surface area (Å²) in [6.45, 7) is 0.500. The van der Waals surface area contributed by atoms with Crippen molar-refractivity contribution in [3.63, 3.8) is 0 Å². The molecule has 3 atom stereocenters. The average molecular weight is 679 g/mol. The molecule has 0 bridgehead atoms. The number of carbonyl (C=O) groups is 1. The molecular weight excluding hydrogens is 649 g/mol. The number of nitrogens with one attached hydrogen (secondary N) is 1. The van der Waals surface area contributed by atoms with Crippen LogP contribution in [0.5, 0.6) is 0 Å². The highest BCUT2D eigenvalue weighted by atomic mass is 35.5. The number of thiol groups is 1. The van der Waals surface area contributed by atoms with Crippen LogP contribution in [0.25, 0.3) is 0 Å². The van der Waals surface area contributed by atoms with E-state index >= 15 is 0 Å².